The molecule has 128 valence electrons. The highest BCUT2D eigenvalue weighted by atomic mass is 16.5. The molecule has 1 saturated heterocycles. The van der Waals surface area contributed by atoms with E-state index >= 15 is 0 Å². The Morgan fingerprint density at radius 3 is 2.48 bits per heavy atom. The van der Waals surface area contributed by atoms with E-state index in [1.165, 1.54) is 6.92 Å². The number of para-hydroxylation sites is 1. The van der Waals surface area contributed by atoms with Crippen LogP contribution in [0.3, 0.4) is 0 Å². The van der Waals surface area contributed by atoms with Gasteiger partial charge in [0, 0.05) is 19.5 Å². The molecule has 5 heteroatoms. The highest BCUT2D eigenvalue weighted by Gasteiger charge is 2.35. The van der Waals surface area contributed by atoms with E-state index in [-0.39, 0.29) is 23.9 Å². The third kappa shape index (κ3) is 3.94. The summed E-state index contributed by atoms with van der Waals surface area (Å²) < 4.78 is 5.40. The van der Waals surface area contributed by atoms with Gasteiger partial charge in [-0.15, -0.1) is 0 Å². The third-order valence-corrected chi connectivity index (χ3v) is 4.24. The van der Waals surface area contributed by atoms with E-state index in [4.69, 9.17) is 4.74 Å². The summed E-state index contributed by atoms with van der Waals surface area (Å²) in [4.78, 5) is 37.9. The largest absolute Gasteiger partial charge is 0.425 e. The van der Waals surface area contributed by atoms with Crippen molar-refractivity contribution >= 4 is 17.7 Å². The van der Waals surface area contributed by atoms with E-state index in [0.717, 1.165) is 5.56 Å². The van der Waals surface area contributed by atoms with Gasteiger partial charge in [0.2, 0.25) is 5.91 Å². The lowest BCUT2D eigenvalue weighted by atomic mass is 10.1. The molecule has 0 aromatic heterocycles. The third-order valence-electron chi connectivity index (χ3n) is 4.24. The van der Waals surface area contributed by atoms with Crippen molar-refractivity contribution in [1.82, 2.24) is 4.90 Å². The second-order valence-corrected chi connectivity index (χ2v) is 6.13. The molecule has 0 spiro atoms. The Hall–Kier alpha value is -2.95. The zero-order chi connectivity index (χ0) is 17.8. The predicted molar refractivity (Wildman–Crippen MR) is 92.0 cm³/mol. The van der Waals surface area contributed by atoms with Crippen molar-refractivity contribution < 1.29 is 19.1 Å². The summed E-state index contributed by atoms with van der Waals surface area (Å²) in [5.41, 5.74) is 1.38. The van der Waals surface area contributed by atoms with Crippen LogP contribution in [0.25, 0.3) is 0 Å². The first-order chi connectivity index (χ1) is 12.0. The molecule has 0 radical (unpaired) electrons. The van der Waals surface area contributed by atoms with E-state index in [0.29, 0.717) is 18.7 Å². The maximum Gasteiger partial charge on any atom is 0.316 e. The summed E-state index contributed by atoms with van der Waals surface area (Å²) in [5, 5.41) is 0. The van der Waals surface area contributed by atoms with Crippen molar-refractivity contribution in [3.63, 3.8) is 0 Å². The van der Waals surface area contributed by atoms with Gasteiger partial charge < -0.3 is 9.64 Å². The van der Waals surface area contributed by atoms with Gasteiger partial charge in [0.15, 0.2) is 5.78 Å². The average Bonchev–Trinajstić information content (AvgIpc) is 2.97. The van der Waals surface area contributed by atoms with Crippen molar-refractivity contribution in [2.24, 2.45) is 5.92 Å². The number of rotatable bonds is 5. The smallest absolute Gasteiger partial charge is 0.316 e. The predicted octanol–water partition coefficient (Wildman–Crippen LogP) is 2.84. The molecule has 5 nitrogen and oxygen atoms in total. The van der Waals surface area contributed by atoms with Crippen molar-refractivity contribution in [1.29, 1.82) is 0 Å². The van der Waals surface area contributed by atoms with Gasteiger partial charge in [0.05, 0.1) is 11.5 Å². The van der Waals surface area contributed by atoms with Gasteiger partial charge in [-0.1, -0.05) is 42.5 Å². The second kappa shape index (κ2) is 7.30. The molecular weight excluding hydrogens is 318 g/mol. The molecule has 2 aromatic carbocycles. The standard InChI is InChI=1S/C20H19NO4/c1-14(22)17-9-5-6-10-18(17)25-20(24)16-11-19(23)21(13-16)12-15-7-3-2-4-8-15/h2-10,16H,11-13H2,1H3/t16-/m0/s1. The van der Waals surface area contributed by atoms with Crippen LogP contribution < -0.4 is 4.74 Å². The maximum atomic E-state index is 12.4. The molecule has 1 amide bonds. The van der Waals surface area contributed by atoms with Crippen LogP contribution in [0.15, 0.2) is 54.6 Å². The Labute approximate surface area is 146 Å². The first-order valence-electron chi connectivity index (χ1n) is 8.18. The Balaban J connectivity index is 1.66. The van der Waals surface area contributed by atoms with E-state index < -0.39 is 11.9 Å². The normalized spacial score (nSPS) is 16.8. The summed E-state index contributed by atoms with van der Waals surface area (Å²) >= 11 is 0. The quantitative estimate of drug-likeness (QED) is 0.478. The van der Waals surface area contributed by atoms with Crippen LogP contribution in [0.5, 0.6) is 5.75 Å². The minimum absolute atomic E-state index is 0.0642. The Morgan fingerprint density at radius 2 is 1.76 bits per heavy atom. The Bertz CT molecular complexity index is 800. The summed E-state index contributed by atoms with van der Waals surface area (Å²) in [5.74, 6) is -0.981. The topological polar surface area (TPSA) is 63.7 Å². The van der Waals surface area contributed by atoms with Gasteiger partial charge in [-0.2, -0.15) is 0 Å². The van der Waals surface area contributed by atoms with Crippen LogP contribution in [0.4, 0.5) is 0 Å². The summed E-state index contributed by atoms with van der Waals surface area (Å²) in [6.07, 6.45) is 0.133. The number of carbonyl (C=O) groups excluding carboxylic acids is 3. The molecule has 1 fully saturated rings. The van der Waals surface area contributed by atoms with Crippen molar-refractivity contribution in [2.45, 2.75) is 19.9 Å². The van der Waals surface area contributed by atoms with Crippen molar-refractivity contribution in [3.05, 3.63) is 65.7 Å². The molecule has 0 unspecified atom stereocenters. The number of hydrogen-bond acceptors (Lipinski definition) is 4. The maximum absolute atomic E-state index is 12.4. The first kappa shape index (κ1) is 16.9. The lowest BCUT2D eigenvalue weighted by Crippen LogP contribution is -2.27. The molecular formula is C20H19NO4. The number of benzene rings is 2. The van der Waals surface area contributed by atoms with Crippen molar-refractivity contribution in [2.75, 3.05) is 6.54 Å². The zero-order valence-corrected chi connectivity index (χ0v) is 14.0. The fraction of sp³-hybridized carbons (Fsp3) is 0.250. The monoisotopic (exact) mass is 337 g/mol. The number of nitrogens with zero attached hydrogens (tertiary/aromatic N) is 1. The Morgan fingerprint density at radius 1 is 1.08 bits per heavy atom. The van der Waals surface area contributed by atoms with Gasteiger partial charge in [-0.3, -0.25) is 14.4 Å². The van der Waals surface area contributed by atoms with E-state index in [1.807, 2.05) is 30.3 Å². The molecule has 3 rings (SSSR count). The molecule has 1 heterocycles. The lowest BCUT2D eigenvalue weighted by molar-refractivity contribution is -0.139. The van der Waals surface area contributed by atoms with Crippen LogP contribution in [-0.2, 0) is 16.1 Å². The summed E-state index contributed by atoms with van der Waals surface area (Å²) in [6.45, 7) is 2.23. The number of esters is 1. The summed E-state index contributed by atoms with van der Waals surface area (Å²) in [6, 6.07) is 16.3. The number of hydrogen-bond donors (Lipinski definition) is 0. The fourth-order valence-electron chi connectivity index (χ4n) is 2.92. The van der Waals surface area contributed by atoms with Crippen LogP contribution in [0.1, 0.15) is 29.3 Å². The molecule has 2 aromatic rings. The number of amides is 1. The highest BCUT2D eigenvalue weighted by molar-refractivity contribution is 5.97. The SMILES string of the molecule is CC(=O)c1ccccc1OC(=O)[C@H]1CC(=O)N(Cc2ccccc2)C1. The van der Waals surface area contributed by atoms with Gasteiger partial charge >= 0.3 is 5.97 Å². The molecule has 0 bridgehead atoms. The summed E-state index contributed by atoms with van der Waals surface area (Å²) in [7, 11) is 0. The number of ketones is 1. The van der Waals surface area contributed by atoms with E-state index in [2.05, 4.69) is 0 Å². The molecule has 0 saturated carbocycles. The van der Waals surface area contributed by atoms with Crippen LogP contribution in [0, 0.1) is 5.92 Å². The minimum Gasteiger partial charge on any atom is -0.425 e. The fourth-order valence-corrected chi connectivity index (χ4v) is 2.92. The molecule has 1 aliphatic rings. The molecule has 1 atom stereocenters. The molecule has 0 N–H and O–H groups in total. The molecule has 0 aliphatic carbocycles. The van der Waals surface area contributed by atoms with E-state index in [1.54, 1.807) is 29.2 Å². The Kier molecular flexibility index (Phi) is 4.93. The first-order valence-corrected chi connectivity index (χ1v) is 8.18. The zero-order valence-electron chi connectivity index (χ0n) is 14.0. The second-order valence-electron chi connectivity index (χ2n) is 6.13. The number of Topliss-reactive ketones (excluding diaryl/α,β-unsaturated/α-hetero) is 1. The number of likely N-dealkylation sites (tertiary alicyclic amines) is 1. The average molecular weight is 337 g/mol. The van der Waals surface area contributed by atoms with Gasteiger partial charge in [0.1, 0.15) is 5.75 Å². The molecule has 1 aliphatic heterocycles. The van der Waals surface area contributed by atoms with Crippen LogP contribution >= 0.6 is 0 Å². The van der Waals surface area contributed by atoms with Crippen LogP contribution in [-0.4, -0.2) is 29.1 Å². The van der Waals surface area contributed by atoms with Gasteiger partial charge in [0.25, 0.3) is 0 Å². The van der Waals surface area contributed by atoms with Crippen molar-refractivity contribution in [3.8, 4) is 5.75 Å². The number of ether oxygens (including phenoxy) is 1. The van der Waals surface area contributed by atoms with Gasteiger partial charge in [-0.05, 0) is 24.6 Å². The highest BCUT2D eigenvalue weighted by Crippen LogP contribution is 2.24. The number of carbonyl (C=O) groups is 3. The minimum atomic E-state index is -0.517. The van der Waals surface area contributed by atoms with Gasteiger partial charge in [-0.25, -0.2) is 0 Å². The lowest BCUT2D eigenvalue weighted by Gasteiger charge is -2.16. The van der Waals surface area contributed by atoms with Crippen LogP contribution in [0.2, 0.25) is 0 Å². The van der Waals surface area contributed by atoms with E-state index in [9.17, 15) is 14.4 Å². The molecule has 25 heavy (non-hydrogen) atoms.